The van der Waals surface area contributed by atoms with Crippen LogP contribution in [0.3, 0.4) is 0 Å². The molecule has 7 nitrogen and oxygen atoms in total. The second-order valence-electron chi connectivity index (χ2n) is 7.86. The molecular formula is C23H26N2O5S. The van der Waals surface area contributed by atoms with Crippen molar-refractivity contribution in [2.75, 3.05) is 7.11 Å². The second-order valence-corrected chi connectivity index (χ2v) is 9.57. The first kappa shape index (κ1) is 21.4. The van der Waals surface area contributed by atoms with Crippen LogP contribution in [0.4, 0.5) is 0 Å². The zero-order chi connectivity index (χ0) is 22.0. The lowest BCUT2D eigenvalue weighted by Crippen LogP contribution is -2.26. The Morgan fingerprint density at radius 2 is 1.94 bits per heavy atom. The summed E-state index contributed by atoms with van der Waals surface area (Å²) in [5.41, 5.74) is 1.56. The minimum Gasteiger partial charge on any atom is -0.493 e. The van der Waals surface area contributed by atoms with Crippen LogP contribution >= 0.6 is 0 Å². The fraction of sp³-hybridized carbons (Fsp3) is 0.348. The fourth-order valence-electron chi connectivity index (χ4n) is 3.40. The van der Waals surface area contributed by atoms with Crippen LogP contribution in [0.15, 0.2) is 57.8 Å². The molecule has 8 heteroatoms. The Kier molecular flexibility index (Phi) is 6.02. The number of methoxy groups -OCH3 is 1. The number of hydrogen-bond acceptors (Lipinski definition) is 5. The molecule has 1 aliphatic rings. The van der Waals surface area contributed by atoms with Gasteiger partial charge >= 0.3 is 0 Å². The summed E-state index contributed by atoms with van der Waals surface area (Å²) in [6, 6.07) is 14.0. The van der Waals surface area contributed by atoms with Gasteiger partial charge in [0.1, 0.15) is 5.76 Å². The Morgan fingerprint density at radius 3 is 2.61 bits per heavy atom. The molecule has 2 aromatic carbocycles. The van der Waals surface area contributed by atoms with Gasteiger partial charge in [0.25, 0.3) is 0 Å². The topological polar surface area (TPSA) is 97.6 Å². The normalized spacial score (nSPS) is 15.0. The van der Waals surface area contributed by atoms with E-state index in [1.54, 1.807) is 31.4 Å². The summed E-state index contributed by atoms with van der Waals surface area (Å²) in [7, 11) is -1.87. The number of para-hydroxylation sites is 1. The predicted molar refractivity (Wildman–Crippen MR) is 117 cm³/mol. The van der Waals surface area contributed by atoms with Gasteiger partial charge < -0.3 is 14.5 Å². The van der Waals surface area contributed by atoms with E-state index in [4.69, 9.17) is 9.15 Å². The molecule has 1 fully saturated rings. The molecule has 3 aromatic rings. The summed E-state index contributed by atoms with van der Waals surface area (Å²) in [4.78, 5) is 12.7. The average Bonchev–Trinajstić information content (AvgIpc) is 3.44. The maximum absolute atomic E-state index is 12.4. The summed E-state index contributed by atoms with van der Waals surface area (Å²) < 4.78 is 38.3. The van der Waals surface area contributed by atoms with Gasteiger partial charge in [-0.25, -0.2) is 13.1 Å². The maximum atomic E-state index is 12.4. The molecule has 1 heterocycles. The van der Waals surface area contributed by atoms with Gasteiger partial charge in [0.2, 0.25) is 15.9 Å². The van der Waals surface area contributed by atoms with Crippen molar-refractivity contribution in [1.82, 2.24) is 10.0 Å². The van der Waals surface area contributed by atoms with Gasteiger partial charge in [-0.2, -0.15) is 0 Å². The van der Waals surface area contributed by atoms with Gasteiger partial charge in [0.15, 0.2) is 11.3 Å². The lowest BCUT2D eigenvalue weighted by molar-refractivity contribution is -0.121. The van der Waals surface area contributed by atoms with Crippen molar-refractivity contribution in [3.63, 3.8) is 0 Å². The van der Waals surface area contributed by atoms with Gasteiger partial charge in [-0.1, -0.05) is 24.3 Å². The number of carbonyl (C=O) groups is 1. The third kappa shape index (κ3) is 5.08. The van der Waals surface area contributed by atoms with E-state index >= 15 is 0 Å². The van der Waals surface area contributed by atoms with Gasteiger partial charge in [-0.05, 0) is 56.0 Å². The summed E-state index contributed by atoms with van der Waals surface area (Å²) >= 11 is 0. The molecule has 164 valence electrons. The van der Waals surface area contributed by atoms with Crippen molar-refractivity contribution < 1.29 is 22.4 Å². The quantitative estimate of drug-likeness (QED) is 0.527. The van der Waals surface area contributed by atoms with Gasteiger partial charge in [0.05, 0.1) is 18.0 Å². The van der Waals surface area contributed by atoms with Gasteiger partial charge in [0, 0.05) is 17.8 Å². The minimum atomic E-state index is -3.46. The Hall–Kier alpha value is -2.84. The number of sulfonamides is 1. The lowest BCUT2D eigenvalue weighted by atomic mass is 10.1. The van der Waals surface area contributed by atoms with Crippen LogP contribution in [-0.2, 0) is 21.2 Å². The first-order chi connectivity index (χ1) is 14.9. The van der Waals surface area contributed by atoms with Crippen LogP contribution in [0.1, 0.15) is 43.6 Å². The number of carbonyl (C=O) groups excluding carboxylic acids is 1. The highest BCUT2D eigenvalue weighted by Crippen LogP contribution is 2.31. The van der Waals surface area contributed by atoms with Gasteiger partial charge in [-0.15, -0.1) is 0 Å². The van der Waals surface area contributed by atoms with Crippen molar-refractivity contribution in [2.24, 2.45) is 0 Å². The first-order valence-corrected chi connectivity index (χ1v) is 11.8. The highest BCUT2D eigenvalue weighted by Gasteiger charge is 2.27. The standard InChI is InChI=1S/C23H26N2O5S/c1-15(21-14-17-4-3-5-20(29-2)23(17)30-21)24-22(26)13-8-16-6-11-19(12-7-16)31(27,28)25-18-9-10-18/h3-7,11-12,14-15,18,25H,8-10,13H2,1-2H3,(H,24,26). The van der Waals surface area contributed by atoms with E-state index in [2.05, 4.69) is 10.0 Å². The fourth-order valence-corrected chi connectivity index (χ4v) is 4.70. The van der Waals surface area contributed by atoms with Crippen LogP contribution in [0.5, 0.6) is 5.75 Å². The summed E-state index contributed by atoms with van der Waals surface area (Å²) in [6.07, 6.45) is 2.60. The van der Waals surface area contributed by atoms with Crippen molar-refractivity contribution in [1.29, 1.82) is 0 Å². The molecule has 0 aliphatic heterocycles. The highest BCUT2D eigenvalue weighted by atomic mass is 32.2. The summed E-state index contributed by atoms with van der Waals surface area (Å²) in [5.74, 6) is 1.21. The van der Waals surface area contributed by atoms with Crippen molar-refractivity contribution >= 4 is 26.9 Å². The van der Waals surface area contributed by atoms with E-state index in [9.17, 15) is 13.2 Å². The molecule has 0 spiro atoms. The van der Waals surface area contributed by atoms with Crippen LogP contribution < -0.4 is 14.8 Å². The molecule has 31 heavy (non-hydrogen) atoms. The van der Waals surface area contributed by atoms with E-state index in [0.29, 0.717) is 29.9 Å². The van der Waals surface area contributed by atoms with Gasteiger partial charge in [-0.3, -0.25) is 4.79 Å². The zero-order valence-electron chi connectivity index (χ0n) is 17.6. The Morgan fingerprint density at radius 1 is 1.19 bits per heavy atom. The number of benzene rings is 2. The predicted octanol–water partition coefficient (Wildman–Crippen LogP) is 3.69. The first-order valence-electron chi connectivity index (χ1n) is 10.3. The summed E-state index contributed by atoms with van der Waals surface area (Å²) in [5, 5.41) is 3.87. The van der Waals surface area contributed by atoms with Crippen molar-refractivity contribution in [3.8, 4) is 5.75 Å². The number of hydrogen-bond donors (Lipinski definition) is 2. The number of nitrogens with one attached hydrogen (secondary N) is 2. The number of rotatable bonds is 9. The van der Waals surface area contributed by atoms with Crippen molar-refractivity contribution in [3.05, 3.63) is 59.9 Å². The Labute approximate surface area is 181 Å². The molecule has 2 N–H and O–H groups in total. The van der Waals surface area contributed by atoms with E-state index in [0.717, 1.165) is 23.8 Å². The van der Waals surface area contributed by atoms with Crippen LogP contribution in [-0.4, -0.2) is 27.5 Å². The highest BCUT2D eigenvalue weighted by molar-refractivity contribution is 7.89. The molecule has 1 unspecified atom stereocenters. The molecule has 1 atom stereocenters. The molecule has 1 aliphatic carbocycles. The third-order valence-electron chi connectivity index (χ3n) is 5.32. The van der Waals surface area contributed by atoms with Crippen LogP contribution in [0.2, 0.25) is 0 Å². The Balaban J connectivity index is 1.32. The lowest BCUT2D eigenvalue weighted by Gasteiger charge is -2.11. The largest absolute Gasteiger partial charge is 0.493 e. The number of aryl methyl sites for hydroxylation is 1. The van der Waals surface area contributed by atoms with E-state index in [1.807, 2.05) is 31.2 Å². The molecule has 0 saturated heterocycles. The van der Waals surface area contributed by atoms with E-state index in [1.165, 1.54) is 0 Å². The third-order valence-corrected chi connectivity index (χ3v) is 6.86. The average molecular weight is 443 g/mol. The number of ether oxygens (including phenoxy) is 1. The van der Waals surface area contributed by atoms with E-state index in [-0.39, 0.29) is 22.9 Å². The maximum Gasteiger partial charge on any atom is 0.240 e. The molecule has 1 aromatic heterocycles. The number of fused-ring (bicyclic) bond motifs is 1. The molecular weight excluding hydrogens is 416 g/mol. The monoisotopic (exact) mass is 442 g/mol. The number of amides is 1. The number of furan rings is 1. The summed E-state index contributed by atoms with van der Waals surface area (Å²) in [6.45, 7) is 1.87. The second kappa shape index (κ2) is 8.72. The smallest absolute Gasteiger partial charge is 0.240 e. The molecule has 0 bridgehead atoms. The molecule has 4 rings (SSSR count). The van der Waals surface area contributed by atoms with Crippen molar-refractivity contribution in [2.45, 2.75) is 49.6 Å². The van der Waals surface area contributed by atoms with Crippen LogP contribution in [0.25, 0.3) is 11.0 Å². The minimum absolute atomic E-state index is 0.0724. The molecule has 1 amide bonds. The SMILES string of the molecule is COc1cccc2cc(C(C)NC(=O)CCc3ccc(S(=O)(=O)NC4CC4)cc3)oc12. The van der Waals surface area contributed by atoms with Crippen LogP contribution in [0, 0.1) is 0 Å². The zero-order valence-corrected chi connectivity index (χ0v) is 18.4. The van der Waals surface area contributed by atoms with E-state index < -0.39 is 10.0 Å². The molecule has 0 radical (unpaired) electrons. The molecule has 1 saturated carbocycles. The Bertz CT molecular complexity index is 1180.